The van der Waals surface area contributed by atoms with Gasteiger partial charge in [-0.3, -0.25) is 11.3 Å². The summed E-state index contributed by atoms with van der Waals surface area (Å²) in [6, 6.07) is 5.91. The molecule has 4 unspecified atom stereocenters. The number of benzene rings is 1. The predicted octanol–water partition coefficient (Wildman–Crippen LogP) is 3.29. The molecule has 2 saturated carbocycles. The number of hydrogen-bond donors (Lipinski definition) is 2. The van der Waals surface area contributed by atoms with E-state index >= 15 is 0 Å². The number of hydrogen-bond acceptors (Lipinski definition) is 3. The minimum absolute atomic E-state index is 0.143. The molecule has 2 bridgehead atoms. The van der Waals surface area contributed by atoms with Gasteiger partial charge in [-0.1, -0.05) is 18.0 Å². The maximum Gasteiger partial charge on any atom is 0.123 e. The van der Waals surface area contributed by atoms with E-state index in [1.807, 2.05) is 18.2 Å². The van der Waals surface area contributed by atoms with Gasteiger partial charge in [-0.2, -0.15) is 0 Å². The minimum atomic E-state index is 0.143. The molecule has 0 saturated heterocycles. The van der Waals surface area contributed by atoms with Gasteiger partial charge in [0, 0.05) is 10.6 Å². The van der Waals surface area contributed by atoms with E-state index in [9.17, 15) is 0 Å². The first-order valence-electron chi connectivity index (χ1n) is 7.02. The van der Waals surface area contributed by atoms with Gasteiger partial charge in [-0.05, 0) is 55.2 Å². The number of ether oxygens (including phenoxy) is 1. The quantitative estimate of drug-likeness (QED) is 0.657. The largest absolute Gasteiger partial charge is 0.496 e. The first-order valence-corrected chi connectivity index (χ1v) is 7.40. The fraction of sp³-hybridized carbons (Fsp3) is 0.600. The highest BCUT2D eigenvalue weighted by atomic mass is 35.5. The van der Waals surface area contributed by atoms with E-state index in [2.05, 4.69) is 5.43 Å². The predicted molar refractivity (Wildman–Crippen MR) is 77.0 cm³/mol. The Morgan fingerprint density at radius 1 is 1.37 bits per heavy atom. The average Bonchev–Trinajstić information content (AvgIpc) is 3.03. The van der Waals surface area contributed by atoms with Crippen molar-refractivity contribution < 1.29 is 4.74 Å². The van der Waals surface area contributed by atoms with Crippen molar-refractivity contribution in [3.05, 3.63) is 28.8 Å². The maximum absolute atomic E-state index is 6.14. The van der Waals surface area contributed by atoms with Crippen LogP contribution in [0.3, 0.4) is 0 Å². The molecule has 3 nitrogen and oxygen atoms in total. The summed E-state index contributed by atoms with van der Waals surface area (Å²) in [4.78, 5) is 0. The molecule has 104 valence electrons. The zero-order valence-corrected chi connectivity index (χ0v) is 12.0. The van der Waals surface area contributed by atoms with Crippen LogP contribution in [0.15, 0.2) is 18.2 Å². The molecule has 2 aliphatic carbocycles. The van der Waals surface area contributed by atoms with Crippen molar-refractivity contribution >= 4 is 11.6 Å². The van der Waals surface area contributed by atoms with Crippen molar-refractivity contribution in [2.45, 2.75) is 31.7 Å². The lowest BCUT2D eigenvalue weighted by Crippen LogP contribution is -2.36. The molecular weight excluding hydrogens is 260 g/mol. The van der Waals surface area contributed by atoms with E-state index < -0.39 is 0 Å². The molecule has 1 aromatic carbocycles. The molecule has 2 fully saturated rings. The Hall–Kier alpha value is -0.770. The summed E-state index contributed by atoms with van der Waals surface area (Å²) in [6.07, 6.45) is 5.38. The van der Waals surface area contributed by atoms with E-state index in [1.165, 1.54) is 25.7 Å². The van der Waals surface area contributed by atoms with Crippen molar-refractivity contribution in [2.24, 2.45) is 23.6 Å². The summed E-state index contributed by atoms with van der Waals surface area (Å²) >= 11 is 6.14. The molecule has 3 N–H and O–H groups in total. The lowest BCUT2D eigenvalue weighted by Gasteiger charge is -2.31. The van der Waals surface area contributed by atoms with E-state index in [0.29, 0.717) is 5.92 Å². The van der Waals surface area contributed by atoms with Gasteiger partial charge in [0.1, 0.15) is 5.75 Å². The number of halogens is 1. The number of nitrogens with one attached hydrogen (secondary N) is 1. The fourth-order valence-corrected chi connectivity index (χ4v) is 4.27. The summed E-state index contributed by atoms with van der Waals surface area (Å²) in [5, 5.41) is 0.735. The van der Waals surface area contributed by atoms with E-state index in [4.69, 9.17) is 22.2 Å². The molecule has 0 heterocycles. The van der Waals surface area contributed by atoms with Gasteiger partial charge in [0.2, 0.25) is 0 Å². The number of nitrogens with two attached hydrogens (primary N) is 1. The van der Waals surface area contributed by atoms with Gasteiger partial charge in [-0.15, -0.1) is 0 Å². The van der Waals surface area contributed by atoms with Crippen LogP contribution in [0, 0.1) is 17.8 Å². The molecule has 0 aromatic heterocycles. The van der Waals surface area contributed by atoms with Crippen LogP contribution in [0.5, 0.6) is 5.75 Å². The molecule has 1 aromatic rings. The third-order valence-corrected chi connectivity index (χ3v) is 5.16. The Morgan fingerprint density at radius 3 is 2.79 bits per heavy atom. The normalized spacial score (nSPS) is 30.6. The lowest BCUT2D eigenvalue weighted by atomic mass is 9.80. The van der Waals surface area contributed by atoms with Crippen LogP contribution in [-0.4, -0.2) is 7.11 Å². The van der Waals surface area contributed by atoms with Crippen LogP contribution in [0.4, 0.5) is 0 Å². The Bertz CT molecular complexity index is 465. The lowest BCUT2D eigenvalue weighted by molar-refractivity contribution is 0.247. The topological polar surface area (TPSA) is 47.3 Å². The molecule has 0 amide bonds. The van der Waals surface area contributed by atoms with Crippen LogP contribution in [-0.2, 0) is 0 Å². The highest BCUT2D eigenvalue weighted by Crippen LogP contribution is 2.53. The van der Waals surface area contributed by atoms with E-state index in [1.54, 1.807) is 7.11 Å². The number of methoxy groups -OCH3 is 1. The van der Waals surface area contributed by atoms with Crippen LogP contribution < -0.4 is 16.0 Å². The van der Waals surface area contributed by atoms with Crippen molar-refractivity contribution in [3.8, 4) is 5.75 Å². The minimum Gasteiger partial charge on any atom is -0.496 e. The van der Waals surface area contributed by atoms with Crippen molar-refractivity contribution in [3.63, 3.8) is 0 Å². The van der Waals surface area contributed by atoms with E-state index in [0.717, 1.165) is 28.2 Å². The van der Waals surface area contributed by atoms with Crippen molar-refractivity contribution in [2.75, 3.05) is 7.11 Å². The molecule has 2 aliphatic rings. The third kappa shape index (κ3) is 2.35. The second-order valence-corrected chi connectivity index (χ2v) is 6.31. The highest BCUT2D eigenvalue weighted by Gasteiger charge is 2.43. The molecule has 4 heteroatoms. The Labute approximate surface area is 119 Å². The highest BCUT2D eigenvalue weighted by molar-refractivity contribution is 6.30. The van der Waals surface area contributed by atoms with Crippen molar-refractivity contribution in [1.82, 2.24) is 5.43 Å². The monoisotopic (exact) mass is 280 g/mol. The summed E-state index contributed by atoms with van der Waals surface area (Å²) in [5.41, 5.74) is 4.10. The van der Waals surface area contributed by atoms with Crippen LogP contribution in [0.1, 0.15) is 37.3 Å². The molecule has 0 radical (unpaired) electrons. The third-order valence-electron chi connectivity index (χ3n) is 4.93. The zero-order chi connectivity index (χ0) is 13.4. The molecule has 19 heavy (non-hydrogen) atoms. The smallest absolute Gasteiger partial charge is 0.123 e. The number of rotatable bonds is 4. The van der Waals surface area contributed by atoms with Gasteiger partial charge < -0.3 is 4.74 Å². The van der Waals surface area contributed by atoms with Gasteiger partial charge >= 0.3 is 0 Å². The molecular formula is C15H21ClN2O. The second-order valence-electron chi connectivity index (χ2n) is 5.87. The summed E-state index contributed by atoms with van der Waals surface area (Å²) in [6.45, 7) is 0. The first-order chi connectivity index (χ1) is 9.22. The van der Waals surface area contributed by atoms with E-state index in [-0.39, 0.29) is 6.04 Å². The van der Waals surface area contributed by atoms with Gasteiger partial charge in [0.05, 0.1) is 13.2 Å². The zero-order valence-electron chi connectivity index (χ0n) is 11.2. The van der Waals surface area contributed by atoms with Gasteiger partial charge in [-0.25, -0.2) is 0 Å². The number of fused-ring (bicyclic) bond motifs is 2. The maximum atomic E-state index is 6.14. The Kier molecular flexibility index (Phi) is 3.70. The van der Waals surface area contributed by atoms with Crippen LogP contribution >= 0.6 is 11.6 Å². The summed E-state index contributed by atoms with van der Waals surface area (Å²) in [7, 11) is 1.70. The molecule has 4 atom stereocenters. The molecule has 3 rings (SSSR count). The SMILES string of the molecule is COc1ccc(Cl)cc1C(NN)C1CC2CCC1C2. The first kappa shape index (κ1) is 13.2. The molecule has 0 spiro atoms. The Morgan fingerprint density at radius 2 is 2.21 bits per heavy atom. The number of hydrazine groups is 1. The van der Waals surface area contributed by atoms with Crippen LogP contribution in [0.25, 0.3) is 0 Å². The fourth-order valence-electron chi connectivity index (χ4n) is 4.09. The van der Waals surface area contributed by atoms with Crippen molar-refractivity contribution in [1.29, 1.82) is 0 Å². The standard InChI is InChI=1S/C15H21ClN2O/c1-19-14-5-4-11(16)8-13(14)15(18-17)12-7-9-2-3-10(12)6-9/h4-5,8-10,12,15,18H,2-3,6-7,17H2,1H3. The second kappa shape index (κ2) is 5.31. The molecule has 0 aliphatic heterocycles. The summed E-state index contributed by atoms with van der Waals surface area (Å²) in [5.74, 6) is 9.02. The Balaban J connectivity index is 1.91. The van der Waals surface area contributed by atoms with Crippen LogP contribution in [0.2, 0.25) is 5.02 Å². The average molecular weight is 281 g/mol. The summed E-state index contributed by atoms with van der Waals surface area (Å²) < 4.78 is 5.47. The van der Waals surface area contributed by atoms with Gasteiger partial charge in [0.15, 0.2) is 0 Å². The van der Waals surface area contributed by atoms with Gasteiger partial charge in [0.25, 0.3) is 0 Å².